The minimum Gasteiger partial charge on any atom is -0.460 e. The van der Waals surface area contributed by atoms with Gasteiger partial charge in [-0.1, -0.05) is 0 Å². The molecule has 1 fully saturated rings. The van der Waals surface area contributed by atoms with Crippen LogP contribution >= 0.6 is 0 Å². The van der Waals surface area contributed by atoms with Crippen molar-refractivity contribution in [3.05, 3.63) is 42.4 Å². The Bertz CT molecular complexity index is 922. The van der Waals surface area contributed by atoms with Crippen molar-refractivity contribution in [2.45, 2.75) is 37.0 Å². The maximum Gasteiger partial charge on any atom is 0.295 e. The first-order chi connectivity index (χ1) is 12.7. The number of aliphatic hydroxyl groups excluding tert-OH is 3. The Labute approximate surface area is 154 Å². The zero-order chi connectivity index (χ0) is 19.8. The van der Waals surface area contributed by atoms with E-state index in [-0.39, 0.29) is 5.75 Å². The van der Waals surface area contributed by atoms with Gasteiger partial charge in [-0.05, 0) is 30.7 Å². The van der Waals surface area contributed by atoms with Crippen LogP contribution in [0.3, 0.4) is 0 Å². The van der Waals surface area contributed by atoms with Crippen LogP contribution in [0.2, 0.25) is 0 Å². The molecule has 3 rings (SSSR count). The molecule has 1 unspecified atom stereocenters. The summed E-state index contributed by atoms with van der Waals surface area (Å²) >= 11 is 0. The molecule has 1 aliphatic rings. The quantitative estimate of drug-likeness (QED) is 0.494. The van der Waals surface area contributed by atoms with Crippen molar-refractivity contribution in [2.24, 2.45) is 0 Å². The van der Waals surface area contributed by atoms with E-state index in [0.29, 0.717) is 11.3 Å². The first-order valence-electron chi connectivity index (χ1n) is 7.87. The second-order valence-electron chi connectivity index (χ2n) is 6.11. The normalized spacial score (nSPS) is 28.7. The Morgan fingerprint density at radius 2 is 1.85 bits per heavy atom. The number of aromatic nitrogens is 2. The SMILES string of the molecule is Cc1ccnc(-c2cncc(O[C@@H]3OC(S(=O)(=O)O)[C@@H](O)[C@H](O)[C@H]3O)c2)c1. The third-order valence-corrected chi connectivity index (χ3v) is 4.97. The van der Waals surface area contributed by atoms with Crippen LogP contribution < -0.4 is 4.74 Å². The topological polar surface area (TPSA) is 159 Å². The van der Waals surface area contributed by atoms with E-state index in [1.807, 2.05) is 19.1 Å². The number of ether oxygens (including phenoxy) is 2. The van der Waals surface area contributed by atoms with E-state index >= 15 is 0 Å². The number of aryl methyl sites for hydroxylation is 1. The molecule has 1 saturated heterocycles. The zero-order valence-corrected chi connectivity index (χ0v) is 14.9. The molecule has 0 radical (unpaired) electrons. The first-order valence-corrected chi connectivity index (χ1v) is 9.38. The van der Waals surface area contributed by atoms with Crippen molar-refractivity contribution >= 4 is 10.1 Å². The van der Waals surface area contributed by atoms with Crippen molar-refractivity contribution in [3.63, 3.8) is 0 Å². The van der Waals surface area contributed by atoms with E-state index in [1.54, 1.807) is 6.20 Å². The summed E-state index contributed by atoms with van der Waals surface area (Å²) in [5, 5.41) is 29.5. The predicted molar refractivity (Wildman–Crippen MR) is 91.1 cm³/mol. The second-order valence-corrected chi connectivity index (χ2v) is 7.60. The molecule has 146 valence electrons. The first kappa shape index (κ1) is 19.6. The molecule has 0 aromatic carbocycles. The summed E-state index contributed by atoms with van der Waals surface area (Å²) in [6, 6.07) is 5.18. The van der Waals surface area contributed by atoms with E-state index in [4.69, 9.17) is 14.0 Å². The van der Waals surface area contributed by atoms with Crippen molar-refractivity contribution in [3.8, 4) is 17.0 Å². The molecule has 11 heteroatoms. The van der Waals surface area contributed by atoms with Crippen LogP contribution in [0.1, 0.15) is 5.56 Å². The summed E-state index contributed by atoms with van der Waals surface area (Å²) in [5.41, 5.74) is 0.0127. The Morgan fingerprint density at radius 3 is 2.52 bits per heavy atom. The Balaban J connectivity index is 1.85. The number of pyridine rings is 2. The predicted octanol–water partition coefficient (Wildman–Crippen LogP) is -0.516. The fraction of sp³-hybridized carbons (Fsp3) is 0.375. The fourth-order valence-electron chi connectivity index (χ4n) is 2.61. The third kappa shape index (κ3) is 4.24. The molecule has 10 nitrogen and oxygen atoms in total. The van der Waals surface area contributed by atoms with Crippen LogP contribution in [0.15, 0.2) is 36.8 Å². The zero-order valence-electron chi connectivity index (χ0n) is 14.1. The molecule has 27 heavy (non-hydrogen) atoms. The van der Waals surface area contributed by atoms with Crippen LogP contribution in [-0.4, -0.2) is 68.3 Å². The lowest BCUT2D eigenvalue weighted by molar-refractivity contribution is -0.254. The van der Waals surface area contributed by atoms with E-state index in [0.717, 1.165) is 5.56 Å². The standard InChI is InChI=1S/C16H18N2O8S/c1-8-2-3-18-11(4-8)9-5-10(7-17-6-9)25-15-13(20)12(19)14(21)16(26-15)27(22,23)24/h2-7,12-16,19-21H,1H3,(H,22,23,24)/t12-,13-,14+,15-,16?/m1/s1. The number of hydrogen-bond acceptors (Lipinski definition) is 9. The molecule has 0 aliphatic carbocycles. The molecule has 0 bridgehead atoms. The second kappa shape index (κ2) is 7.46. The van der Waals surface area contributed by atoms with Crippen LogP contribution in [0.25, 0.3) is 11.3 Å². The molecule has 2 aromatic heterocycles. The maximum atomic E-state index is 11.3. The van der Waals surface area contributed by atoms with Gasteiger partial charge >= 0.3 is 0 Å². The molecule has 0 amide bonds. The van der Waals surface area contributed by atoms with Gasteiger partial charge in [-0.2, -0.15) is 8.42 Å². The largest absolute Gasteiger partial charge is 0.460 e. The highest BCUT2D eigenvalue weighted by molar-refractivity contribution is 7.86. The molecular weight excluding hydrogens is 380 g/mol. The summed E-state index contributed by atoms with van der Waals surface area (Å²) < 4.78 is 42.1. The minimum absolute atomic E-state index is 0.0949. The van der Waals surface area contributed by atoms with Gasteiger partial charge in [-0.25, -0.2) is 0 Å². The maximum absolute atomic E-state index is 11.3. The average molecular weight is 398 g/mol. The van der Waals surface area contributed by atoms with Crippen molar-refractivity contribution in [2.75, 3.05) is 0 Å². The molecular formula is C16H18N2O8S. The monoisotopic (exact) mass is 398 g/mol. The highest BCUT2D eigenvalue weighted by atomic mass is 32.2. The fourth-order valence-corrected chi connectivity index (χ4v) is 3.38. The van der Waals surface area contributed by atoms with E-state index in [9.17, 15) is 23.7 Å². The van der Waals surface area contributed by atoms with Gasteiger partial charge in [-0.3, -0.25) is 14.5 Å². The average Bonchev–Trinajstić information content (AvgIpc) is 2.61. The molecule has 1 aliphatic heterocycles. The van der Waals surface area contributed by atoms with Gasteiger partial charge in [0.1, 0.15) is 24.1 Å². The van der Waals surface area contributed by atoms with Crippen LogP contribution in [0, 0.1) is 6.92 Å². The number of nitrogens with zero attached hydrogens (tertiary/aromatic N) is 2. The Morgan fingerprint density at radius 1 is 1.11 bits per heavy atom. The van der Waals surface area contributed by atoms with Gasteiger partial charge in [0, 0.05) is 18.0 Å². The number of aliphatic hydroxyl groups is 3. The summed E-state index contributed by atoms with van der Waals surface area (Å²) in [4.78, 5) is 8.22. The highest BCUT2D eigenvalue weighted by Gasteiger charge is 2.50. The van der Waals surface area contributed by atoms with Crippen LogP contribution in [0.4, 0.5) is 0 Å². The summed E-state index contributed by atoms with van der Waals surface area (Å²) in [6.07, 6.45) is -2.94. The van der Waals surface area contributed by atoms with Crippen LogP contribution in [0.5, 0.6) is 5.75 Å². The molecule has 2 aromatic rings. The lowest BCUT2D eigenvalue weighted by Gasteiger charge is -2.38. The Hall–Kier alpha value is -2.15. The van der Waals surface area contributed by atoms with Gasteiger partial charge in [0.15, 0.2) is 0 Å². The van der Waals surface area contributed by atoms with Gasteiger partial charge in [0.2, 0.25) is 11.7 Å². The summed E-state index contributed by atoms with van der Waals surface area (Å²) in [5.74, 6) is 0.0949. The Kier molecular flexibility index (Phi) is 5.42. The molecule has 3 heterocycles. The molecule has 0 spiro atoms. The lowest BCUT2D eigenvalue weighted by Crippen LogP contribution is -2.61. The van der Waals surface area contributed by atoms with Crippen molar-refractivity contribution < 1.29 is 37.8 Å². The smallest absolute Gasteiger partial charge is 0.295 e. The van der Waals surface area contributed by atoms with E-state index < -0.39 is 40.2 Å². The molecule has 5 atom stereocenters. The van der Waals surface area contributed by atoms with Gasteiger partial charge in [-0.15, -0.1) is 0 Å². The molecule has 0 saturated carbocycles. The summed E-state index contributed by atoms with van der Waals surface area (Å²) in [6.45, 7) is 1.90. The number of hydrogen-bond donors (Lipinski definition) is 4. The van der Waals surface area contributed by atoms with Crippen molar-refractivity contribution in [1.29, 1.82) is 0 Å². The van der Waals surface area contributed by atoms with Gasteiger partial charge < -0.3 is 24.8 Å². The lowest BCUT2D eigenvalue weighted by atomic mass is 10.1. The van der Waals surface area contributed by atoms with E-state index in [1.165, 1.54) is 18.5 Å². The summed E-state index contributed by atoms with van der Waals surface area (Å²) in [7, 11) is -4.86. The van der Waals surface area contributed by atoms with E-state index in [2.05, 4.69) is 9.97 Å². The van der Waals surface area contributed by atoms with Gasteiger partial charge in [0.05, 0.1) is 11.9 Å². The number of rotatable bonds is 4. The minimum atomic E-state index is -4.86. The van der Waals surface area contributed by atoms with Crippen LogP contribution in [-0.2, 0) is 14.9 Å². The van der Waals surface area contributed by atoms with Crippen molar-refractivity contribution in [1.82, 2.24) is 9.97 Å². The highest BCUT2D eigenvalue weighted by Crippen LogP contribution is 2.28. The molecule has 4 N–H and O–H groups in total. The van der Waals surface area contributed by atoms with Gasteiger partial charge in [0.25, 0.3) is 10.1 Å². The third-order valence-electron chi connectivity index (χ3n) is 4.00.